The van der Waals surface area contributed by atoms with Gasteiger partial charge in [-0.2, -0.15) is 0 Å². The Morgan fingerprint density at radius 1 is 1.00 bits per heavy atom. The second-order valence-corrected chi connectivity index (χ2v) is 2.68. The molecule has 0 amide bonds. The van der Waals surface area contributed by atoms with E-state index in [1.165, 1.54) is 13.8 Å². The van der Waals surface area contributed by atoms with E-state index in [1.54, 1.807) is 26.0 Å². The molecule has 0 aliphatic rings. The van der Waals surface area contributed by atoms with Crippen LogP contribution in [0, 0.1) is 0 Å². The van der Waals surface area contributed by atoms with Gasteiger partial charge in [0.1, 0.15) is 0 Å². The molecule has 0 aromatic carbocycles. The van der Waals surface area contributed by atoms with E-state index in [9.17, 15) is 9.59 Å². The lowest BCUT2D eigenvalue weighted by molar-refractivity contribution is -0.113. The molecule has 2 nitrogen and oxygen atoms in total. The van der Waals surface area contributed by atoms with Gasteiger partial charge in [-0.25, -0.2) is 0 Å². The smallest absolute Gasteiger partial charge is 0.159 e. The molecule has 0 aliphatic heterocycles. The molecule has 0 spiro atoms. The third kappa shape index (κ3) is 3.28. The van der Waals surface area contributed by atoms with Crippen LogP contribution in [0.3, 0.4) is 0 Å². The first kappa shape index (κ1) is 10.8. The lowest BCUT2D eigenvalue weighted by atomic mass is 10.1. The largest absolute Gasteiger partial charge is 0.295 e. The number of Topliss-reactive ketones (excluding diaryl/α,β-unsaturated/α-hetero) is 2. The summed E-state index contributed by atoms with van der Waals surface area (Å²) in [5.74, 6) is -0.0197. The Kier molecular flexibility index (Phi) is 4.19. The molecule has 0 aromatic rings. The molecule has 0 saturated carbocycles. The number of ketones is 2. The van der Waals surface area contributed by atoms with Crippen LogP contribution in [0.5, 0.6) is 0 Å². The van der Waals surface area contributed by atoms with E-state index < -0.39 is 0 Å². The van der Waals surface area contributed by atoms with Gasteiger partial charge in [-0.15, -0.1) is 0 Å². The van der Waals surface area contributed by atoms with E-state index in [-0.39, 0.29) is 11.6 Å². The molecule has 0 aromatic heterocycles. The third-order valence-electron chi connectivity index (χ3n) is 1.64. The van der Waals surface area contributed by atoms with Crippen LogP contribution in [0.15, 0.2) is 23.3 Å². The van der Waals surface area contributed by atoms with E-state index in [0.29, 0.717) is 11.1 Å². The molecule has 0 radical (unpaired) electrons. The molecular weight excluding hydrogens is 152 g/mol. The molecule has 0 fully saturated rings. The lowest BCUT2D eigenvalue weighted by Crippen LogP contribution is -1.97. The van der Waals surface area contributed by atoms with Crippen molar-refractivity contribution < 1.29 is 9.59 Å². The summed E-state index contributed by atoms with van der Waals surface area (Å²) < 4.78 is 0. The first-order valence-electron chi connectivity index (χ1n) is 3.85. The number of rotatable bonds is 3. The zero-order chi connectivity index (χ0) is 9.72. The molecule has 0 bridgehead atoms. The first-order chi connectivity index (χ1) is 5.49. The Bertz CT molecular complexity index is 257. The molecule has 0 rings (SSSR count). The molecule has 12 heavy (non-hydrogen) atoms. The van der Waals surface area contributed by atoms with Gasteiger partial charge in [0.25, 0.3) is 0 Å². The standard InChI is InChI=1S/C10H14O2/c1-5-10(9(4)12)6-7(2)8(3)11/h5-6H,1-4H3/b7-6-,10-5+. The van der Waals surface area contributed by atoms with Crippen molar-refractivity contribution in [2.45, 2.75) is 27.7 Å². The highest BCUT2D eigenvalue weighted by atomic mass is 16.1. The Morgan fingerprint density at radius 3 is 1.75 bits per heavy atom. The fourth-order valence-corrected chi connectivity index (χ4v) is 0.723. The minimum Gasteiger partial charge on any atom is -0.295 e. The molecule has 0 heterocycles. The molecule has 0 N–H and O–H groups in total. The first-order valence-corrected chi connectivity index (χ1v) is 3.85. The molecule has 0 atom stereocenters. The van der Waals surface area contributed by atoms with Gasteiger partial charge in [-0.3, -0.25) is 9.59 Å². The zero-order valence-electron chi connectivity index (χ0n) is 7.97. The van der Waals surface area contributed by atoms with Gasteiger partial charge in [-0.1, -0.05) is 6.08 Å². The van der Waals surface area contributed by atoms with Gasteiger partial charge in [0.2, 0.25) is 0 Å². The highest BCUT2D eigenvalue weighted by Gasteiger charge is 2.01. The van der Waals surface area contributed by atoms with E-state index >= 15 is 0 Å². The normalized spacial score (nSPS) is 13.0. The van der Waals surface area contributed by atoms with Gasteiger partial charge in [0.15, 0.2) is 11.6 Å². The van der Waals surface area contributed by atoms with E-state index in [4.69, 9.17) is 0 Å². The van der Waals surface area contributed by atoms with Crippen molar-refractivity contribution in [3.05, 3.63) is 23.3 Å². The average molecular weight is 166 g/mol. The summed E-state index contributed by atoms with van der Waals surface area (Å²) in [5, 5.41) is 0. The summed E-state index contributed by atoms with van der Waals surface area (Å²) >= 11 is 0. The van der Waals surface area contributed by atoms with Gasteiger partial charge in [-0.05, 0) is 39.3 Å². The lowest BCUT2D eigenvalue weighted by Gasteiger charge is -1.96. The summed E-state index contributed by atoms with van der Waals surface area (Å²) in [6.45, 7) is 6.45. The topological polar surface area (TPSA) is 34.1 Å². The van der Waals surface area contributed by atoms with Crippen LogP contribution in [0.1, 0.15) is 27.7 Å². The summed E-state index contributed by atoms with van der Waals surface area (Å²) in [6, 6.07) is 0. The Morgan fingerprint density at radius 2 is 1.50 bits per heavy atom. The highest BCUT2D eigenvalue weighted by molar-refractivity contribution is 6.00. The monoisotopic (exact) mass is 166 g/mol. The fourth-order valence-electron chi connectivity index (χ4n) is 0.723. The van der Waals surface area contributed by atoms with Crippen LogP contribution < -0.4 is 0 Å². The third-order valence-corrected chi connectivity index (χ3v) is 1.64. The van der Waals surface area contributed by atoms with Crippen LogP contribution in [0.2, 0.25) is 0 Å². The fraction of sp³-hybridized carbons (Fsp3) is 0.400. The number of carbonyl (C=O) groups is 2. The van der Waals surface area contributed by atoms with Crippen molar-refractivity contribution in [3.63, 3.8) is 0 Å². The second kappa shape index (κ2) is 4.65. The van der Waals surface area contributed by atoms with Crippen molar-refractivity contribution in [1.82, 2.24) is 0 Å². The van der Waals surface area contributed by atoms with Gasteiger partial charge in [0.05, 0.1) is 0 Å². The number of hydrogen-bond acceptors (Lipinski definition) is 2. The zero-order valence-corrected chi connectivity index (χ0v) is 7.97. The Hall–Kier alpha value is -1.18. The van der Waals surface area contributed by atoms with Crippen molar-refractivity contribution in [3.8, 4) is 0 Å². The Balaban J connectivity index is 4.72. The maximum Gasteiger partial charge on any atom is 0.159 e. The maximum atomic E-state index is 10.9. The molecule has 0 aliphatic carbocycles. The summed E-state index contributed by atoms with van der Waals surface area (Å²) in [7, 11) is 0. The van der Waals surface area contributed by atoms with Crippen molar-refractivity contribution in [2.75, 3.05) is 0 Å². The van der Waals surface area contributed by atoms with Crippen molar-refractivity contribution >= 4 is 11.6 Å². The van der Waals surface area contributed by atoms with Gasteiger partial charge < -0.3 is 0 Å². The number of carbonyl (C=O) groups excluding carboxylic acids is 2. The predicted octanol–water partition coefficient (Wildman–Crippen LogP) is 2.06. The van der Waals surface area contributed by atoms with E-state index in [2.05, 4.69) is 0 Å². The molecule has 0 unspecified atom stereocenters. The SMILES string of the molecule is C/C=C(\C=C(\C)C(C)=O)C(C)=O. The van der Waals surface area contributed by atoms with Gasteiger partial charge in [0, 0.05) is 5.57 Å². The number of allylic oxidation sites excluding steroid dienone is 4. The predicted molar refractivity (Wildman–Crippen MR) is 48.9 cm³/mol. The number of hydrogen-bond donors (Lipinski definition) is 0. The summed E-state index contributed by atoms with van der Waals surface area (Å²) in [6.07, 6.45) is 3.32. The van der Waals surface area contributed by atoms with E-state index in [0.717, 1.165) is 0 Å². The second-order valence-electron chi connectivity index (χ2n) is 2.68. The van der Waals surface area contributed by atoms with Crippen molar-refractivity contribution in [2.24, 2.45) is 0 Å². The summed E-state index contributed by atoms with van der Waals surface area (Å²) in [4.78, 5) is 21.7. The molecule has 66 valence electrons. The van der Waals surface area contributed by atoms with Gasteiger partial charge >= 0.3 is 0 Å². The van der Waals surface area contributed by atoms with E-state index in [1.807, 2.05) is 0 Å². The van der Waals surface area contributed by atoms with Crippen LogP contribution in [0.4, 0.5) is 0 Å². The van der Waals surface area contributed by atoms with Crippen LogP contribution >= 0.6 is 0 Å². The highest BCUT2D eigenvalue weighted by Crippen LogP contribution is 2.04. The van der Waals surface area contributed by atoms with Crippen LogP contribution in [0.25, 0.3) is 0 Å². The van der Waals surface area contributed by atoms with Crippen molar-refractivity contribution in [1.29, 1.82) is 0 Å². The van der Waals surface area contributed by atoms with Crippen LogP contribution in [-0.4, -0.2) is 11.6 Å². The summed E-state index contributed by atoms with van der Waals surface area (Å²) in [5.41, 5.74) is 1.20. The molecular formula is C10H14O2. The molecule has 2 heteroatoms. The minimum absolute atomic E-state index is 0.00407. The minimum atomic E-state index is -0.0156. The average Bonchev–Trinajstić information content (AvgIpc) is 1.98. The quantitative estimate of drug-likeness (QED) is 0.475. The Labute approximate surface area is 73.0 Å². The molecule has 0 saturated heterocycles. The van der Waals surface area contributed by atoms with Crippen LogP contribution in [-0.2, 0) is 9.59 Å². The maximum absolute atomic E-state index is 10.9.